The van der Waals surface area contributed by atoms with Crippen molar-refractivity contribution in [1.82, 2.24) is 4.98 Å². The van der Waals surface area contributed by atoms with Crippen LogP contribution >= 0.6 is 0 Å². The fourth-order valence-corrected chi connectivity index (χ4v) is 3.63. The van der Waals surface area contributed by atoms with Gasteiger partial charge < -0.3 is 20.6 Å². The van der Waals surface area contributed by atoms with Crippen LogP contribution in [-0.2, 0) is 4.74 Å². The third kappa shape index (κ3) is 2.44. The predicted molar refractivity (Wildman–Crippen MR) is 80.9 cm³/mol. The lowest BCUT2D eigenvalue weighted by Crippen LogP contribution is -2.49. The fourth-order valence-electron chi connectivity index (χ4n) is 3.63. The van der Waals surface area contributed by atoms with Crippen LogP contribution in [0.2, 0.25) is 0 Å². The molecule has 2 atom stereocenters. The lowest BCUT2D eigenvalue weighted by Gasteiger charge is -2.40. The van der Waals surface area contributed by atoms with E-state index in [1.807, 2.05) is 19.9 Å². The Kier molecular flexibility index (Phi) is 3.71. The average molecular weight is 290 g/mol. The van der Waals surface area contributed by atoms with Gasteiger partial charge in [0.15, 0.2) is 5.84 Å². The summed E-state index contributed by atoms with van der Waals surface area (Å²) < 4.78 is 5.87. The van der Waals surface area contributed by atoms with Crippen LogP contribution < -0.4 is 10.6 Å². The van der Waals surface area contributed by atoms with Crippen molar-refractivity contribution in [1.29, 1.82) is 0 Å². The van der Waals surface area contributed by atoms with Gasteiger partial charge in [0.2, 0.25) is 0 Å². The van der Waals surface area contributed by atoms with Gasteiger partial charge in [-0.1, -0.05) is 5.16 Å². The molecule has 2 fully saturated rings. The summed E-state index contributed by atoms with van der Waals surface area (Å²) in [4.78, 5) is 6.81. The van der Waals surface area contributed by atoms with Gasteiger partial charge in [0.05, 0.1) is 35.7 Å². The third-order valence-electron chi connectivity index (χ3n) is 4.46. The Labute approximate surface area is 124 Å². The van der Waals surface area contributed by atoms with Gasteiger partial charge in [-0.25, -0.2) is 0 Å². The van der Waals surface area contributed by atoms with Crippen LogP contribution in [0.1, 0.15) is 36.2 Å². The third-order valence-corrected chi connectivity index (χ3v) is 4.46. The summed E-state index contributed by atoms with van der Waals surface area (Å²) in [5.74, 6) is 0.121. The first-order chi connectivity index (χ1) is 10.1. The molecule has 0 amide bonds. The zero-order valence-corrected chi connectivity index (χ0v) is 12.5. The average Bonchev–Trinajstić information content (AvgIpc) is 2.94. The highest BCUT2D eigenvalue weighted by molar-refractivity contribution is 6.03. The Bertz CT molecular complexity index is 573. The number of oxime groups is 1. The summed E-state index contributed by atoms with van der Waals surface area (Å²) in [5, 5.41) is 12.3. The van der Waals surface area contributed by atoms with Gasteiger partial charge in [0.25, 0.3) is 0 Å². The van der Waals surface area contributed by atoms with Crippen molar-refractivity contribution in [3.63, 3.8) is 0 Å². The molecule has 6 heteroatoms. The van der Waals surface area contributed by atoms with Crippen molar-refractivity contribution in [2.24, 2.45) is 10.9 Å². The Morgan fingerprint density at radius 3 is 3.05 bits per heavy atom. The number of amidine groups is 1. The van der Waals surface area contributed by atoms with Crippen LogP contribution in [0.5, 0.6) is 0 Å². The molecule has 2 heterocycles. The number of anilines is 1. The molecule has 1 saturated carbocycles. The number of hydrogen-bond donors (Lipinski definition) is 2. The van der Waals surface area contributed by atoms with Crippen LogP contribution in [0.3, 0.4) is 0 Å². The smallest absolute Gasteiger partial charge is 0.174 e. The number of aryl methyl sites for hydroxylation is 2. The van der Waals surface area contributed by atoms with Gasteiger partial charge in [-0.3, -0.25) is 4.98 Å². The standard InChI is InChI=1S/C15H22N4O2/c1-9-8-12(14(10(2)17-9)15(16)18-20)19-6-7-21-13-5-3-4-11(13)19/h8,11,13,20H,3-7H2,1-2H3,(H2,16,18). The number of aromatic nitrogens is 1. The number of morpholine rings is 1. The molecule has 0 radical (unpaired) electrons. The lowest BCUT2D eigenvalue weighted by atomic mass is 10.0. The largest absolute Gasteiger partial charge is 0.409 e. The number of pyridine rings is 1. The second-order valence-corrected chi connectivity index (χ2v) is 5.83. The van der Waals surface area contributed by atoms with E-state index in [0.717, 1.165) is 48.6 Å². The Hall–Kier alpha value is -1.82. The molecule has 1 aromatic rings. The van der Waals surface area contributed by atoms with Crippen LogP contribution in [0.15, 0.2) is 11.2 Å². The minimum atomic E-state index is 0.121. The summed E-state index contributed by atoms with van der Waals surface area (Å²) in [6, 6.07) is 2.41. The highest BCUT2D eigenvalue weighted by Crippen LogP contribution is 2.35. The van der Waals surface area contributed by atoms with Crippen LogP contribution in [-0.4, -0.2) is 41.3 Å². The number of fused-ring (bicyclic) bond motifs is 1. The molecule has 1 aliphatic carbocycles. The first kappa shape index (κ1) is 14.1. The zero-order chi connectivity index (χ0) is 15.0. The first-order valence-corrected chi connectivity index (χ1v) is 7.46. The molecule has 0 bridgehead atoms. The molecule has 1 saturated heterocycles. The minimum Gasteiger partial charge on any atom is -0.409 e. The topological polar surface area (TPSA) is 84.0 Å². The maximum absolute atomic E-state index is 9.08. The van der Waals surface area contributed by atoms with Gasteiger partial charge in [-0.2, -0.15) is 0 Å². The number of nitrogens with two attached hydrogens (primary N) is 1. The maximum Gasteiger partial charge on any atom is 0.174 e. The van der Waals surface area contributed by atoms with E-state index in [-0.39, 0.29) is 5.84 Å². The number of nitrogens with zero attached hydrogens (tertiary/aromatic N) is 3. The van der Waals surface area contributed by atoms with Crippen molar-refractivity contribution in [2.45, 2.75) is 45.3 Å². The number of ether oxygens (including phenoxy) is 1. The van der Waals surface area contributed by atoms with E-state index in [4.69, 9.17) is 15.7 Å². The molecule has 2 unspecified atom stereocenters. The summed E-state index contributed by atoms with van der Waals surface area (Å²) in [7, 11) is 0. The molecule has 1 aliphatic heterocycles. The highest BCUT2D eigenvalue weighted by Gasteiger charge is 2.37. The first-order valence-electron chi connectivity index (χ1n) is 7.46. The monoisotopic (exact) mass is 290 g/mol. The van der Waals surface area contributed by atoms with E-state index in [0.29, 0.717) is 12.1 Å². The molecule has 3 rings (SSSR count). The molecule has 1 aromatic heterocycles. The molecule has 6 nitrogen and oxygen atoms in total. The SMILES string of the molecule is Cc1cc(N2CCOC3CCCC32)c(/C(N)=N/O)c(C)n1. The fraction of sp³-hybridized carbons (Fsp3) is 0.600. The molecule has 114 valence electrons. The van der Waals surface area contributed by atoms with Gasteiger partial charge in [0.1, 0.15) is 0 Å². The van der Waals surface area contributed by atoms with E-state index < -0.39 is 0 Å². The number of rotatable bonds is 2. The highest BCUT2D eigenvalue weighted by atomic mass is 16.5. The molecule has 2 aliphatic rings. The van der Waals surface area contributed by atoms with Crippen molar-refractivity contribution in [3.05, 3.63) is 23.0 Å². The van der Waals surface area contributed by atoms with Crippen LogP contribution in [0, 0.1) is 13.8 Å². The van der Waals surface area contributed by atoms with E-state index in [9.17, 15) is 0 Å². The van der Waals surface area contributed by atoms with E-state index in [2.05, 4.69) is 15.0 Å². The predicted octanol–water partition coefficient (Wildman–Crippen LogP) is 1.55. The van der Waals surface area contributed by atoms with E-state index >= 15 is 0 Å². The van der Waals surface area contributed by atoms with Crippen molar-refractivity contribution >= 4 is 11.5 Å². The summed E-state index contributed by atoms with van der Waals surface area (Å²) in [5.41, 5.74) is 9.37. The molecular formula is C15H22N4O2. The van der Waals surface area contributed by atoms with E-state index in [1.54, 1.807) is 0 Å². The summed E-state index contributed by atoms with van der Waals surface area (Å²) in [6.07, 6.45) is 3.73. The van der Waals surface area contributed by atoms with Crippen molar-refractivity contribution in [3.8, 4) is 0 Å². The second kappa shape index (κ2) is 5.52. The summed E-state index contributed by atoms with van der Waals surface area (Å²) in [6.45, 7) is 5.42. The Morgan fingerprint density at radius 2 is 2.29 bits per heavy atom. The van der Waals surface area contributed by atoms with E-state index in [1.165, 1.54) is 6.42 Å². The van der Waals surface area contributed by atoms with Gasteiger partial charge in [-0.05, 0) is 39.2 Å². The zero-order valence-electron chi connectivity index (χ0n) is 12.5. The Morgan fingerprint density at radius 1 is 1.48 bits per heavy atom. The number of hydrogen-bond acceptors (Lipinski definition) is 5. The quantitative estimate of drug-likeness (QED) is 0.374. The van der Waals surface area contributed by atoms with Gasteiger partial charge in [-0.15, -0.1) is 0 Å². The molecule has 21 heavy (non-hydrogen) atoms. The summed E-state index contributed by atoms with van der Waals surface area (Å²) >= 11 is 0. The maximum atomic E-state index is 9.08. The molecule has 3 N–H and O–H groups in total. The van der Waals surface area contributed by atoms with Gasteiger partial charge >= 0.3 is 0 Å². The molecular weight excluding hydrogens is 268 g/mol. The normalized spacial score (nSPS) is 26.0. The van der Waals surface area contributed by atoms with Crippen molar-refractivity contribution in [2.75, 3.05) is 18.1 Å². The van der Waals surface area contributed by atoms with Crippen LogP contribution in [0.4, 0.5) is 5.69 Å². The minimum absolute atomic E-state index is 0.121. The van der Waals surface area contributed by atoms with Crippen LogP contribution in [0.25, 0.3) is 0 Å². The second-order valence-electron chi connectivity index (χ2n) is 5.83. The Balaban J connectivity index is 2.08. The lowest BCUT2D eigenvalue weighted by molar-refractivity contribution is 0.0256. The molecule has 0 aromatic carbocycles. The van der Waals surface area contributed by atoms with Crippen molar-refractivity contribution < 1.29 is 9.94 Å². The van der Waals surface area contributed by atoms with Gasteiger partial charge in [0, 0.05) is 12.2 Å². The molecule has 0 spiro atoms.